The van der Waals surface area contributed by atoms with Gasteiger partial charge in [0, 0.05) is 16.3 Å². The molecule has 0 saturated carbocycles. The van der Waals surface area contributed by atoms with Crippen LogP contribution in [0.25, 0.3) is 27.5 Å². The van der Waals surface area contributed by atoms with E-state index < -0.39 is 0 Å². The Hall–Kier alpha value is -2.80. The first kappa shape index (κ1) is 12.9. The summed E-state index contributed by atoms with van der Waals surface area (Å²) in [5.74, 6) is 0. The Morgan fingerprint density at radius 2 is 1.45 bits per heavy atom. The second-order valence-corrected chi connectivity index (χ2v) is 5.57. The molecule has 1 nitrogen and oxygen atoms in total. The van der Waals surface area contributed by atoms with Crippen molar-refractivity contribution < 1.29 is 4.42 Å². The van der Waals surface area contributed by atoms with Gasteiger partial charge in [0.05, 0.1) is 0 Å². The molecule has 0 atom stereocenters. The molecule has 0 saturated heterocycles. The lowest BCUT2D eigenvalue weighted by atomic mass is 9.94. The van der Waals surface area contributed by atoms with E-state index in [2.05, 4.69) is 49.9 Å². The van der Waals surface area contributed by atoms with Crippen molar-refractivity contribution in [2.75, 3.05) is 0 Å². The first-order valence-corrected chi connectivity index (χ1v) is 7.41. The Bertz CT molecular complexity index is 1000. The van der Waals surface area contributed by atoms with Crippen LogP contribution in [0.3, 0.4) is 0 Å². The molecule has 0 fully saturated rings. The van der Waals surface area contributed by atoms with Crippen molar-refractivity contribution >= 4 is 27.5 Å². The molecule has 0 unspecified atom stereocenters. The molecule has 106 valence electrons. The highest BCUT2D eigenvalue weighted by Gasteiger charge is 2.13. The zero-order valence-electron chi connectivity index (χ0n) is 12.5. The third kappa shape index (κ3) is 1.86. The second-order valence-electron chi connectivity index (χ2n) is 5.57. The standard InChI is InChI=1S/C21H16O/c1-14-8-3-4-9-16(14)15(2)17-11-7-12-19-18-10-5-6-13-20(18)22-21(17)19/h3-13H,2H2,1H3. The van der Waals surface area contributed by atoms with Crippen LogP contribution >= 0.6 is 0 Å². The number of rotatable bonds is 2. The van der Waals surface area contributed by atoms with E-state index in [1.807, 2.05) is 30.3 Å². The summed E-state index contributed by atoms with van der Waals surface area (Å²) < 4.78 is 6.11. The first-order chi connectivity index (χ1) is 10.8. The molecule has 0 amide bonds. The molecular formula is C21H16O. The minimum absolute atomic E-state index is 0.914. The van der Waals surface area contributed by atoms with Crippen molar-refractivity contribution in [3.05, 3.63) is 90.0 Å². The molecule has 0 aliphatic heterocycles. The number of fused-ring (bicyclic) bond motifs is 3. The van der Waals surface area contributed by atoms with Crippen LogP contribution in [0.4, 0.5) is 0 Å². The average Bonchev–Trinajstić information content (AvgIpc) is 2.93. The predicted octanol–water partition coefficient (Wildman–Crippen LogP) is 5.96. The maximum absolute atomic E-state index is 6.11. The lowest BCUT2D eigenvalue weighted by Gasteiger charge is -2.09. The van der Waals surface area contributed by atoms with E-state index in [0.717, 1.165) is 38.6 Å². The minimum Gasteiger partial charge on any atom is -0.455 e. The summed E-state index contributed by atoms with van der Waals surface area (Å²) in [6.07, 6.45) is 0. The lowest BCUT2D eigenvalue weighted by molar-refractivity contribution is 0.668. The fourth-order valence-electron chi connectivity index (χ4n) is 3.04. The van der Waals surface area contributed by atoms with Gasteiger partial charge in [0.2, 0.25) is 0 Å². The molecule has 0 aliphatic carbocycles. The Kier molecular flexibility index (Phi) is 2.87. The summed E-state index contributed by atoms with van der Waals surface area (Å²) in [5, 5.41) is 2.29. The fraction of sp³-hybridized carbons (Fsp3) is 0.0476. The van der Waals surface area contributed by atoms with Gasteiger partial charge in [-0.25, -0.2) is 0 Å². The van der Waals surface area contributed by atoms with E-state index in [1.165, 1.54) is 5.56 Å². The summed E-state index contributed by atoms with van der Waals surface area (Å²) >= 11 is 0. The van der Waals surface area contributed by atoms with Crippen LogP contribution in [-0.2, 0) is 0 Å². The maximum atomic E-state index is 6.11. The highest BCUT2D eigenvalue weighted by atomic mass is 16.3. The Morgan fingerprint density at radius 3 is 2.32 bits per heavy atom. The third-order valence-corrected chi connectivity index (χ3v) is 4.20. The van der Waals surface area contributed by atoms with Crippen LogP contribution in [0.1, 0.15) is 16.7 Å². The van der Waals surface area contributed by atoms with Gasteiger partial charge in [0.15, 0.2) is 0 Å². The largest absolute Gasteiger partial charge is 0.455 e. The van der Waals surface area contributed by atoms with Crippen LogP contribution in [0.15, 0.2) is 77.7 Å². The first-order valence-electron chi connectivity index (χ1n) is 7.41. The number of furan rings is 1. The molecule has 0 bridgehead atoms. The van der Waals surface area contributed by atoms with E-state index in [1.54, 1.807) is 0 Å². The van der Waals surface area contributed by atoms with E-state index in [0.29, 0.717) is 0 Å². The third-order valence-electron chi connectivity index (χ3n) is 4.20. The van der Waals surface area contributed by atoms with Crippen molar-refractivity contribution in [1.82, 2.24) is 0 Å². The van der Waals surface area contributed by atoms with Gasteiger partial charge in [-0.05, 0) is 29.7 Å². The van der Waals surface area contributed by atoms with Crippen molar-refractivity contribution in [3.8, 4) is 0 Å². The smallest absolute Gasteiger partial charge is 0.143 e. The summed E-state index contributed by atoms with van der Waals surface area (Å²) in [6.45, 7) is 6.43. The van der Waals surface area contributed by atoms with E-state index in [9.17, 15) is 0 Å². The Labute approximate surface area is 129 Å². The Morgan fingerprint density at radius 1 is 0.773 bits per heavy atom. The number of hydrogen-bond acceptors (Lipinski definition) is 1. The van der Waals surface area contributed by atoms with Crippen LogP contribution in [-0.4, -0.2) is 0 Å². The van der Waals surface area contributed by atoms with Crippen molar-refractivity contribution in [2.45, 2.75) is 6.92 Å². The van der Waals surface area contributed by atoms with Gasteiger partial charge in [0.25, 0.3) is 0 Å². The summed E-state index contributed by atoms with van der Waals surface area (Å²) in [7, 11) is 0. The number of benzene rings is 3. The van der Waals surface area contributed by atoms with Gasteiger partial charge in [0.1, 0.15) is 11.2 Å². The monoisotopic (exact) mass is 284 g/mol. The lowest BCUT2D eigenvalue weighted by Crippen LogP contribution is -1.90. The molecule has 1 aromatic heterocycles. The number of para-hydroxylation sites is 2. The number of hydrogen-bond donors (Lipinski definition) is 0. The molecule has 3 aromatic carbocycles. The minimum atomic E-state index is 0.914. The van der Waals surface area contributed by atoms with Crippen molar-refractivity contribution in [1.29, 1.82) is 0 Å². The molecule has 1 heteroatoms. The highest BCUT2D eigenvalue weighted by Crippen LogP contribution is 2.35. The zero-order chi connectivity index (χ0) is 15.1. The molecule has 4 rings (SSSR count). The quantitative estimate of drug-likeness (QED) is 0.443. The van der Waals surface area contributed by atoms with E-state index in [4.69, 9.17) is 4.42 Å². The SMILES string of the molecule is C=C(c1ccccc1C)c1cccc2c1oc1ccccc12. The molecule has 0 aliphatic rings. The average molecular weight is 284 g/mol. The van der Waals surface area contributed by atoms with E-state index in [-0.39, 0.29) is 0 Å². The molecule has 0 N–H and O–H groups in total. The Balaban J connectivity index is 1.99. The second kappa shape index (κ2) is 4.88. The van der Waals surface area contributed by atoms with Crippen LogP contribution in [0.5, 0.6) is 0 Å². The van der Waals surface area contributed by atoms with Gasteiger partial charge >= 0.3 is 0 Å². The van der Waals surface area contributed by atoms with Gasteiger partial charge in [-0.2, -0.15) is 0 Å². The number of aryl methyl sites for hydroxylation is 1. The predicted molar refractivity (Wildman–Crippen MR) is 93.0 cm³/mol. The van der Waals surface area contributed by atoms with Gasteiger partial charge in [-0.15, -0.1) is 0 Å². The molecule has 4 aromatic rings. The zero-order valence-corrected chi connectivity index (χ0v) is 12.5. The maximum Gasteiger partial charge on any atom is 0.143 e. The molecule has 0 spiro atoms. The molecule has 0 radical (unpaired) electrons. The summed E-state index contributed by atoms with van der Waals surface area (Å²) in [6, 6.07) is 22.7. The van der Waals surface area contributed by atoms with Crippen LogP contribution < -0.4 is 0 Å². The highest BCUT2D eigenvalue weighted by molar-refractivity contribution is 6.08. The summed E-state index contributed by atoms with van der Waals surface area (Å²) in [4.78, 5) is 0. The van der Waals surface area contributed by atoms with Crippen LogP contribution in [0.2, 0.25) is 0 Å². The normalized spacial score (nSPS) is 11.1. The van der Waals surface area contributed by atoms with Crippen LogP contribution in [0, 0.1) is 6.92 Å². The van der Waals surface area contributed by atoms with Gasteiger partial charge < -0.3 is 4.42 Å². The summed E-state index contributed by atoms with van der Waals surface area (Å²) in [5.41, 5.74) is 6.28. The van der Waals surface area contributed by atoms with E-state index >= 15 is 0 Å². The molecule has 22 heavy (non-hydrogen) atoms. The topological polar surface area (TPSA) is 13.1 Å². The van der Waals surface area contributed by atoms with Crippen molar-refractivity contribution in [3.63, 3.8) is 0 Å². The molecule has 1 heterocycles. The van der Waals surface area contributed by atoms with Crippen molar-refractivity contribution in [2.24, 2.45) is 0 Å². The molecular weight excluding hydrogens is 268 g/mol. The fourth-order valence-corrected chi connectivity index (χ4v) is 3.04. The van der Waals surface area contributed by atoms with Gasteiger partial charge in [-0.1, -0.05) is 67.2 Å². The van der Waals surface area contributed by atoms with Gasteiger partial charge in [-0.3, -0.25) is 0 Å².